The van der Waals surface area contributed by atoms with Crippen LogP contribution < -0.4 is 5.73 Å². The Bertz CT molecular complexity index is 219. The van der Waals surface area contributed by atoms with E-state index < -0.39 is 0 Å². The van der Waals surface area contributed by atoms with Crippen LogP contribution >= 0.6 is 0 Å². The fourth-order valence-electron chi connectivity index (χ4n) is 3.78. The maximum absolute atomic E-state index is 6.02. The van der Waals surface area contributed by atoms with E-state index in [0.29, 0.717) is 6.04 Å². The molecular formula is C15H30N2. The number of hydrogen-bond acceptors (Lipinski definition) is 2. The van der Waals surface area contributed by atoms with E-state index in [1.165, 1.54) is 58.0 Å². The number of hydrogen-bond donors (Lipinski definition) is 1. The third kappa shape index (κ3) is 3.45. The Hall–Kier alpha value is -0.0800. The van der Waals surface area contributed by atoms with Gasteiger partial charge in [-0.1, -0.05) is 19.8 Å². The normalized spacial score (nSPS) is 37.2. The Morgan fingerprint density at radius 3 is 2.41 bits per heavy atom. The first kappa shape index (κ1) is 13.4. The summed E-state index contributed by atoms with van der Waals surface area (Å²) in [4.78, 5) is 2.73. The van der Waals surface area contributed by atoms with Crippen molar-refractivity contribution in [2.75, 3.05) is 13.1 Å². The van der Waals surface area contributed by atoms with Crippen LogP contribution in [0.2, 0.25) is 0 Å². The summed E-state index contributed by atoms with van der Waals surface area (Å²) in [6.45, 7) is 7.06. The summed E-state index contributed by atoms with van der Waals surface area (Å²) in [5.41, 5.74) is 6.02. The second-order valence-electron chi connectivity index (χ2n) is 6.37. The van der Waals surface area contributed by atoms with E-state index in [9.17, 15) is 0 Å². The molecule has 2 N–H and O–H groups in total. The van der Waals surface area contributed by atoms with Gasteiger partial charge in [0.25, 0.3) is 0 Å². The van der Waals surface area contributed by atoms with E-state index in [-0.39, 0.29) is 0 Å². The van der Waals surface area contributed by atoms with E-state index in [1.54, 1.807) is 0 Å². The van der Waals surface area contributed by atoms with E-state index in [1.807, 2.05) is 0 Å². The lowest BCUT2D eigenvalue weighted by atomic mass is 9.83. The van der Waals surface area contributed by atoms with Gasteiger partial charge in [0.05, 0.1) is 0 Å². The Morgan fingerprint density at radius 2 is 1.88 bits per heavy atom. The van der Waals surface area contributed by atoms with Crippen molar-refractivity contribution in [1.82, 2.24) is 4.90 Å². The van der Waals surface area contributed by atoms with Crippen molar-refractivity contribution in [3.63, 3.8) is 0 Å². The van der Waals surface area contributed by atoms with Crippen molar-refractivity contribution in [2.45, 2.75) is 70.9 Å². The molecule has 2 nitrogen and oxygen atoms in total. The molecule has 2 rings (SSSR count). The van der Waals surface area contributed by atoms with Crippen LogP contribution in [0.25, 0.3) is 0 Å². The highest BCUT2D eigenvalue weighted by Crippen LogP contribution is 2.33. The number of rotatable bonds is 4. The van der Waals surface area contributed by atoms with E-state index in [2.05, 4.69) is 18.7 Å². The monoisotopic (exact) mass is 238 g/mol. The first-order valence-electron chi connectivity index (χ1n) is 7.70. The molecule has 0 aromatic carbocycles. The van der Waals surface area contributed by atoms with Crippen LogP contribution in [0.15, 0.2) is 0 Å². The zero-order valence-electron chi connectivity index (χ0n) is 11.7. The molecule has 100 valence electrons. The third-order valence-corrected chi connectivity index (χ3v) is 5.03. The van der Waals surface area contributed by atoms with Gasteiger partial charge in [-0.25, -0.2) is 0 Å². The van der Waals surface area contributed by atoms with Crippen LogP contribution in [0.1, 0.15) is 58.8 Å². The molecule has 1 aliphatic heterocycles. The molecule has 2 atom stereocenters. The minimum atomic E-state index is 0.386. The molecule has 2 heteroatoms. The van der Waals surface area contributed by atoms with Crippen molar-refractivity contribution >= 4 is 0 Å². The molecule has 0 aromatic rings. The molecule has 1 saturated carbocycles. The highest BCUT2D eigenvalue weighted by Gasteiger charge is 2.32. The second kappa shape index (κ2) is 6.19. The van der Waals surface area contributed by atoms with Gasteiger partial charge in [-0.2, -0.15) is 0 Å². The summed E-state index contributed by atoms with van der Waals surface area (Å²) in [5.74, 6) is 1.78. The molecule has 2 fully saturated rings. The molecule has 1 saturated heterocycles. The minimum Gasteiger partial charge on any atom is -0.328 e. The van der Waals surface area contributed by atoms with Gasteiger partial charge < -0.3 is 10.6 Å². The van der Waals surface area contributed by atoms with E-state index in [4.69, 9.17) is 5.73 Å². The first-order valence-corrected chi connectivity index (χ1v) is 7.70. The van der Waals surface area contributed by atoms with Crippen molar-refractivity contribution in [3.8, 4) is 0 Å². The standard InChI is InChI=1S/C15H30N2/c1-3-4-13-5-7-15(8-6-13)17-10-9-14(11-17)12(2)16/h12-15H,3-11,16H2,1-2H3. The smallest absolute Gasteiger partial charge is 0.00955 e. The number of likely N-dealkylation sites (tertiary alicyclic amines) is 1. The Labute approximate surface area is 107 Å². The molecular weight excluding hydrogens is 208 g/mol. The minimum absolute atomic E-state index is 0.386. The molecule has 0 amide bonds. The molecule has 0 aromatic heterocycles. The Kier molecular flexibility index (Phi) is 4.87. The zero-order valence-corrected chi connectivity index (χ0v) is 11.7. The molecule has 0 radical (unpaired) electrons. The van der Waals surface area contributed by atoms with Crippen molar-refractivity contribution in [2.24, 2.45) is 17.6 Å². The summed E-state index contributed by atoms with van der Waals surface area (Å²) < 4.78 is 0. The predicted octanol–water partition coefficient (Wildman–Crippen LogP) is 3.01. The quantitative estimate of drug-likeness (QED) is 0.816. The fraction of sp³-hybridized carbons (Fsp3) is 1.00. The average molecular weight is 238 g/mol. The van der Waals surface area contributed by atoms with Crippen molar-refractivity contribution in [1.29, 1.82) is 0 Å². The van der Waals surface area contributed by atoms with Gasteiger partial charge in [0, 0.05) is 18.6 Å². The SMILES string of the molecule is CCCC1CCC(N2CCC(C(C)N)C2)CC1. The lowest BCUT2D eigenvalue weighted by Crippen LogP contribution is -2.38. The predicted molar refractivity (Wildman–Crippen MR) is 74.0 cm³/mol. The summed E-state index contributed by atoms with van der Waals surface area (Å²) in [6.07, 6.45) is 9.97. The van der Waals surface area contributed by atoms with Crippen LogP contribution in [-0.2, 0) is 0 Å². The fourth-order valence-corrected chi connectivity index (χ4v) is 3.78. The maximum Gasteiger partial charge on any atom is 0.00955 e. The highest BCUT2D eigenvalue weighted by atomic mass is 15.2. The van der Waals surface area contributed by atoms with Crippen molar-refractivity contribution in [3.05, 3.63) is 0 Å². The molecule has 1 aliphatic carbocycles. The van der Waals surface area contributed by atoms with Gasteiger partial charge in [0.15, 0.2) is 0 Å². The summed E-state index contributed by atoms with van der Waals surface area (Å²) in [5, 5.41) is 0. The second-order valence-corrected chi connectivity index (χ2v) is 6.37. The first-order chi connectivity index (χ1) is 8.20. The lowest BCUT2D eigenvalue weighted by molar-refractivity contribution is 0.154. The van der Waals surface area contributed by atoms with Gasteiger partial charge >= 0.3 is 0 Å². The third-order valence-electron chi connectivity index (χ3n) is 5.03. The summed E-state index contributed by atoms with van der Waals surface area (Å²) in [6, 6.07) is 1.27. The van der Waals surface area contributed by atoms with Crippen LogP contribution in [0, 0.1) is 11.8 Å². The molecule has 2 unspecified atom stereocenters. The van der Waals surface area contributed by atoms with Crippen molar-refractivity contribution < 1.29 is 0 Å². The lowest BCUT2D eigenvalue weighted by Gasteiger charge is -2.35. The molecule has 17 heavy (non-hydrogen) atoms. The van der Waals surface area contributed by atoms with Gasteiger partial charge in [-0.3, -0.25) is 0 Å². The largest absolute Gasteiger partial charge is 0.328 e. The van der Waals surface area contributed by atoms with Crippen LogP contribution in [-0.4, -0.2) is 30.1 Å². The Balaban J connectivity index is 1.74. The number of nitrogens with two attached hydrogens (primary N) is 1. The topological polar surface area (TPSA) is 29.3 Å². The number of nitrogens with zero attached hydrogens (tertiary/aromatic N) is 1. The molecule has 1 heterocycles. The summed E-state index contributed by atoms with van der Waals surface area (Å²) >= 11 is 0. The van der Waals surface area contributed by atoms with Crippen LogP contribution in [0.4, 0.5) is 0 Å². The Morgan fingerprint density at radius 1 is 1.18 bits per heavy atom. The van der Waals surface area contributed by atoms with Crippen LogP contribution in [0.5, 0.6) is 0 Å². The maximum atomic E-state index is 6.02. The molecule has 0 bridgehead atoms. The molecule has 2 aliphatic rings. The molecule has 0 spiro atoms. The van der Waals surface area contributed by atoms with Crippen LogP contribution in [0.3, 0.4) is 0 Å². The van der Waals surface area contributed by atoms with Gasteiger partial charge in [-0.05, 0) is 57.4 Å². The van der Waals surface area contributed by atoms with E-state index in [0.717, 1.165) is 17.9 Å². The zero-order chi connectivity index (χ0) is 12.3. The van der Waals surface area contributed by atoms with Gasteiger partial charge in [0.2, 0.25) is 0 Å². The van der Waals surface area contributed by atoms with Gasteiger partial charge in [0.1, 0.15) is 0 Å². The average Bonchev–Trinajstić information content (AvgIpc) is 2.80. The summed E-state index contributed by atoms with van der Waals surface area (Å²) in [7, 11) is 0. The van der Waals surface area contributed by atoms with Gasteiger partial charge in [-0.15, -0.1) is 0 Å². The van der Waals surface area contributed by atoms with E-state index >= 15 is 0 Å². The highest BCUT2D eigenvalue weighted by molar-refractivity contribution is 4.87.